The van der Waals surface area contributed by atoms with Crippen LogP contribution in [0.1, 0.15) is 5.56 Å². The average Bonchev–Trinajstić information content (AvgIpc) is 3.03. The van der Waals surface area contributed by atoms with E-state index in [9.17, 15) is 35.7 Å². The van der Waals surface area contributed by atoms with E-state index < -0.39 is 68.0 Å². The molecule has 2 saturated heterocycles. The van der Waals surface area contributed by atoms with Gasteiger partial charge >= 0.3 is 0 Å². The fraction of sp³-hybridized carbons (Fsp3) is 0.684. The van der Waals surface area contributed by atoms with E-state index in [0.717, 1.165) is 5.56 Å². The van der Waals surface area contributed by atoms with E-state index in [1.807, 2.05) is 30.3 Å². The van der Waals surface area contributed by atoms with Crippen molar-refractivity contribution in [3.8, 4) is 0 Å². The van der Waals surface area contributed by atoms with Crippen LogP contribution in [0.3, 0.4) is 0 Å². The number of ether oxygens (including phenoxy) is 3. The highest BCUT2D eigenvalue weighted by Crippen LogP contribution is 2.36. The molecule has 0 aliphatic carbocycles. The molecular formula is C19H28O12. The number of benzene rings is 1. The molecule has 0 aromatic heterocycles. The summed E-state index contributed by atoms with van der Waals surface area (Å²) in [5.74, 6) is -2.24. The molecule has 2 aliphatic heterocycles. The van der Waals surface area contributed by atoms with Crippen molar-refractivity contribution in [2.45, 2.75) is 61.4 Å². The normalized spacial score (nSPS) is 40.9. The Labute approximate surface area is 177 Å². The van der Waals surface area contributed by atoms with E-state index in [2.05, 4.69) is 0 Å². The van der Waals surface area contributed by atoms with Gasteiger partial charge < -0.3 is 50.0 Å². The molecule has 0 saturated carbocycles. The fourth-order valence-corrected chi connectivity index (χ4v) is 3.42. The third-order valence-electron chi connectivity index (χ3n) is 5.27. The van der Waals surface area contributed by atoms with E-state index >= 15 is 0 Å². The molecule has 176 valence electrons. The van der Waals surface area contributed by atoms with Gasteiger partial charge in [0.1, 0.15) is 62.5 Å². The summed E-state index contributed by atoms with van der Waals surface area (Å²) in [4.78, 5) is 10.1. The predicted octanol–water partition coefficient (Wildman–Crippen LogP) is -3.24. The lowest BCUT2D eigenvalue weighted by atomic mass is 9.99. The van der Waals surface area contributed by atoms with Crippen molar-refractivity contribution < 1.29 is 59.7 Å². The number of hydrogen-bond acceptors (Lipinski definition) is 12. The number of aliphatic hydroxyl groups is 7. The van der Waals surface area contributed by atoms with Crippen LogP contribution in [-0.4, -0.2) is 110 Å². The first-order valence-electron chi connectivity index (χ1n) is 9.74. The summed E-state index contributed by atoms with van der Waals surface area (Å²) in [6, 6.07) is 9.11. The van der Waals surface area contributed by atoms with Gasteiger partial charge in [-0.05, 0) is 5.56 Å². The minimum atomic E-state index is -2.24. The van der Waals surface area contributed by atoms with Gasteiger partial charge in [0.15, 0.2) is 6.29 Å². The van der Waals surface area contributed by atoms with Crippen molar-refractivity contribution in [2.75, 3.05) is 19.8 Å². The Hall–Kier alpha value is -1.26. The molecule has 2 fully saturated rings. The number of hydrogen-bond donors (Lipinski definition) is 7. The zero-order chi connectivity index (χ0) is 22.6. The van der Waals surface area contributed by atoms with Crippen molar-refractivity contribution in [1.29, 1.82) is 0 Å². The molecule has 7 N–H and O–H groups in total. The standard InChI is InChI=1S/C19H28O12/c20-6-11-14(23)17(26)19(9-21,30-11)31-18-16(25)15(24)13(22)12(29-18)8-28-27-7-10-4-2-1-3-5-10/h1-5,11-18,20-26H,6-9H2/t11-,12-,13-,14-,15+,16-,17+,18-,19+/m1/s1. The molecule has 2 aliphatic rings. The van der Waals surface area contributed by atoms with E-state index in [4.69, 9.17) is 24.0 Å². The Kier molecular flexibility index (Phi) is 8.31. The highest BCUT2D eigenvalue weighted by molar-refractivity contribution is 5.13. The molecule has 3 rings (SSSR count). The van der Waals surface area contributed by atoms with E-state index in [1.165, 1.54) is 0 Å². The Morgan fingerprint density at radius 2 is 1.55 bits per heavy atom. The van der Waals surface area contributed by atoms with E-state index in [-0.39, 0.29) is 13.2 Å². The molecule has 0 amide bonds. The van der Waals surface area contributed by atoms with Crippen LogP contribution in [-0.2, 0) is 30.6 Å². The number of rotatable bonds is 9. The van der Waals surface area contributed by atoms with Gasteiger partial charge in [-0.1, -0.05) is 30.3 Å². The molecule has 9 atom stereocenters. The minimum absolute atomic E-state index is 0.114. The van der Waals surface area contributed by atoms with Crippen LogP contribution in [0.25, 0.3) is 0 Å². The Morgan fingerprint density at radius 3 is 2.16 bits per heavy atom. The number of aliphatic hydroxyl groups excluding tert-OH is 7. The molecule has 12 nitrogen and oxygen atoms in total. The molecule has 0 radical (unpaired) electrons. The maximum absolute atomic E-state index is 10.2. The quantitative estimate of drug-likeness (QED) is 0.114. The molecule has 0 spiro atoms. The Bertz CT molecular complexity index is 677. The van der Waals surface area contributed by atoms with Crippen LogP contribution in [0, 0.1) is 0 Å². The molecular weight excluding hydrogens is 420 g/mol. The van der Waals surface area contributed by atoms with Crippen LogP contribution in [0.4, 0.5) is 0 Å². The molecule has 31 heavy (non-hydrogen) atoms. The monoisotopic (exact) mass is 448 g/mol. The lowest BCUT2D eigenvalue weighted by molar-refractivity contribution is -0.396. The fourth-order valence-electron chi connectivity index (χ4n) is 3.42. The zero-order valence-electron chi connectivity index (χ0n) is 16.5. The van der Waals surface area contributed by atoms with Crippen LogP contribution in [0.2, 0.25) is 0 Å². The second-order valence-electron chi connectivity index (χ2n) is 7.41. The van der Waals surface area contributed by atoms with Gasteiger partial charge in [0.25, 0.3) is 0 Å². The topological polar surface area (TPSA) is 188 Å². The third-order valence-corrected chi connectivity index (χ3v) is 5.27. The first-order chi connectivity index (χ1) is 14.8. The first-order valence-corrected chi connectivity index (χ1v) is 9.74. The second-order valence-corrected chi connectivity index (χ2v) is 7.41. The SMILES string of the molecule is OC[C@H]1O[C@@](CO)(O[C@H]2O[C@H](COOCc3ccccc3)[C@@H](O)[C@H](O)[C@H]2O)[C@@H](O)[C@@H]1O. The average molecular weight is 448 g/mol. The zero-order valence-corrected chi connectivity index (χ0v) is 16.5. The first kappa shape index (κ1) is 24.4. The largest absolute Gasteiger partial charge is 0.394 e. The van der Waals surface area contributed by atoms with Gasteiger partial charge in [0.2, 0.25) is 5.79 Å². The minimum Gasteiger partial charge on any atom is -0.394 e. The van der Waals surface area contributed by atoms with Crippen molar-refractivity contribution in [3.05, 3.63) is 35.9 Å². The Balaban J connectivity index is 1.61. The lowest BCUT2D eigenvalue weighted by Crippen LogP contribution is -2.62. The van der Waals surface area contributed by atoms with Crippen LogP contribution in [0.5, 0.6) is 0 Å². The molecule has 0 bridgehead atoms. The van der Waals surface area contributed by atoms with Gasteiger partial charge in [-0.3, -0.25) is 0 Å². The smallest absolute Gasteiger partial charge is 0.224 e. The van der Waals surface area contributed by atoms with E-state index in [0.29, 0.717) is 0 Å². The summed E-state index contributed by atoms with van der Waals surface area (Å²) >= 11 is 0. The summed E-state index contributed by atoms with van der Waals surface area (Å²) in [5, 5.41) is 69.7. The van der Waals surface area contributed by atoms with Crippen molar-refractivity contribution >= 4 is 0 Å². The van der Waals surface area contributed by atoms with Crippen molar-refractivity contribution in [1.82, 2.24) is 0 Å². The maximum atomic E-state index is 10.2. The summed E-state index contributed by atoms with van der Waals surface area (Å²) in [6.07, 6.45) is -12.6. The third kappa shape index (κ3) is 5.22. The van der Waals surface area contributed by atoms with Gasteiger partial charge in [-0.15, -0.1) is 0 Å². The second kappa shape index (κ2) is 10.6. The Morgan fingerprint density at radius 1 is 0.839 bits per heavy atom. The lowest BCUT2D eigenvalue weighted by Gasteiger charge is -2.43. The van der Waals surface area contributed by atoms with Gasteiger partial charge in [-0.25, -0.2) is 9.78 Å². The van der Waals surface area contributed by atoms with Gasteiger partial charge in [0, 0.05) is 0 Å². The van der Waals surface area contributed by atoms with Crippen molar-refractivity contribution in [3.63, 3.8) is 0 Å². The van der Waals surface area contributed by atoms with Crippen LogP contribution < -0.4 is 0 Å². The van der Waals surface area contributed by atoms with E-state index in [1.54, 1.807) is 0 Å². The summed E-state index contributed by atoms with van der Waals surface area (Å²) in [6.45, 7) is -1.87. The summed E-state index contributed by atoms with van der Waals surface area (Å²) in [5.41, 5.74) is 0.832. The highest BCUT2D eigenvalue weighted by Gasteiger charge is 2.58. The van der Waals surface area contributed by atoms with Crippen molar-refractivity contribution in [2.24, 2.45) is 0 Å². The van der Waals surface area contributed by atoms with Crippen LogP contribution in [0.15, 0.2) is 30.3 Å². The predicted molar refractivity (Wildman–Crippen MR) is 98.7 cm³/mol. The van der Waals surface area contributed by atoms with Gasteiger partial charge in [-0.2, -0.15) is 0 Å². The summed E-state index contributed by atoms with van der Waals surface area (Å²) < 4.78 is 16.1. The molecule has 1 aromatic rings. The molecule has 2 heterocycles. The van der Waals surface area contributed by atoms with Gasteiger partial charge in [0.05, 0.1) is 6.61 Å². The molecule has 0 unspecified atom stereocenters. The highest BCUT2D eigenvalue weighted by atomic mass is 17.2. The maximum Gasteiger partial charge on any atom is 0.224 e. The molecule has 12 heteroatoms. The van der Waals surface area contributed by atoms with Crippen LogP contribution >= 0.6 is 0 Å². The molecule has 1 aromatic carbocycles. The summed E-state index contributed by atoms with van der Waals surface area (Å²) in [7, 11) is 0.